The maximum Gasteiger partial charge on any atom is 0.410 e. The summed E-state index contributed by atoms with van der Waals surface area (Å²) < 4.78 is 32.6. The second kappa shape index (κ2) is 10.8. The molecule has 1 aliphatic heterocycles. The van der Waals surface area contributed by atoms with E-state index in [4.69, 9.17) is 4.74 Å². The zero-order valence-corrected chi connectivity index (χ0v) is 24.4. The average Bonchev–Trinajstić information content (AvgIpc) is 2.74. The van der Waals surface area contributed by atoms with Crippen molar-refractivity contribution in [2.75, 3.05) is 11.5 Å². The zero-order valence-electron chi connectivity index (χ0n) is 22.0. The Morgan fingerprint density at radius 1 is 1.03 bits per heavy atom. The fourth-order valence-electron chi connectivity index (χ4n) is 4.51. The van der Waals surface area contributed by atoms with Crippen molar-refractivity contribution in [3.05, 3.63) is 69.7 Å². The molecule has 0 bridgehead atoms. The summed E-state index contributed by atoms with van der Waals surface area (Å²) in [6, 6.07) is 14.6. The topological polar surface area (TPSA) is 83.9 Å². The van der Waals surface area contributed by atoms with Crippen molar-refractivity contribution in [3.63, 3.8) is 0 Å². The monoisotopic (exact) mass is 579 g/mol. The minimum absolute atomic E-state index is 0.0871. The number of carbonyl (C=O) groups excluding carboxylic acids is 1. The predicted molar refractivity (Wildman–Crippen MR) is 147 cm³/mol. The first-order chi connectivity index (χ1) is 16.5. The van der Waals surface area contributed by atoms with Gasteiger partial charge >= 0.3 is 6.09 Å². The highest BCUT2D eigenvalue weighted by molar-refractivity contribution is 9.10. The Morgan fingerprint density at radius 3 is 2.25 bits per heavy atom. The van der Waals surface area contributed by atoms with Crippen LogP contribution in [-0.4, -0.2) is 53.8 Å². The number of hydrogen-bond donors (Lipinski definition) is 1. The van der Waals surface area contributed by atoms with Gasteiger partial charge in [0.2, 0.25) is 0 Å². The van der Waals surface area contributed by atoms with Crippen molar-refractivity contribution >= 4 is 31.9 Å². The van der Waals surface area contributed by atoms with E-state index in [0.717, 1.165) is 21.2 Å². The fourth-order valence-corrected chi connectivity index (χ4v) is 6.78. The number of hydrogen-bond acceptors (Lipinski definition) is 5. The van der Waals surface area contributed by atoms with Gasteiger partial charge in [0.1, 0.15) is 5.60 Å². The van der Waals surface area contributed by atoms with Crippen molar-refractivity contribution in [3.8, 4) is 0 Å². The first-order valence-electron chi connectivity index (χ1n) is 12.3. The molecule has 1 N–H and O–H groups in total. The lowest BCUT2D eigenvalue weighted by Crippen LogP contribution is -2.58. The van der Waals surface area contributed by atoms with Crippen LogP contribution in [0.5, 0.6) is 0 Å². The van der Waals surface area contributed by atoms with Crippen LogP contribution < -0.4 is 0 Å². The Hall–Kier alpha value is -1.90. The van der Waals surface area contributed by atoms with Gasteiger partial charge in [-0.2, -0.15) is 0 Å². The SMILES string of the molecule is CC(C)(C)OC(=O)N(Cc1cccc(C(C)(C)C)c1)[C@H]1CS(=O)(=O)C[C@@H](Cc2ccc(Br)cc2)[C@H]1O. The highest BCUT2D eigenvalue weighted by atomic mass is 79.9. The minimum Gasteiger partial charge on any atom is -0.444 e. The van der Waals surface area contributed by atoms with Gasteiger partial charge in [0.05, 0.1) is 23.7 Å². The van der Waals surface area contributed by atoms with Gasteiger partial charge in [-0.3, -0.25) is 4.90 Å². The van der Waals surface area contributed by atoms with Crippen LogP contribution in [0.1, 0.15) is 58.2 Å². The molecule has 1 fully saturated rings. The van der Waals surface area contributed by atoms with Gasteiger partial charge < -0.3 is 9.84 Å². The first kappa shape index (κ1) is 28.7. The van der Waals surface area contributed by atoms with E-state index >= 15 is 0 Å². The molecule has 3 atom stereocenters. The number of aliphatic hydroxyl groups excluding tert-OH is 1. The molecule has 1 saturated heterocycles. The Kier molecular flexibility index (Phi) is 8.63. The standard InChI is InChI=1S/C28H38BrNO5S/c1-27(2,3)22-9-7-8-20(15-22)16-30(26(32)35-28(4,5)6)24-18-36(33,34)17-21(25(24)31)14-19-10-12-23(29)13-11-19/h7-13,15,21,24-25,31H,14,16-18H2,1-6H3/t21-,24+,25-/m1/s1. The van der Waals surface area contributed by atoms with Crippen molar-refractivity contribution in [1.82, 2.24) is 4.90 Å². The first-order valence-corrected chi connectivity index (χ1v) is 14.9. The van der Waals surface area contributed by atoms with Gasteiger partial charge in [0, 0.05) is 16.9 Å². The third-order valence-corrected chi connectivity index (χ3v) is 8.67. The van der Waals surface area contributed by atoms with Crippen LogP contribution in [0, 0.1) is 5.92 Å². The molecule has 3 rings (SSSR count). The summed E-state index contributed by atoms with van der Waals surface area (Å²) in [6.07, 6.45) is -1.26. The Balaban J connectivity index is 1.96. The summed E-state index contributed by atoms with van der Waals surface area (Å²) in [6.45, 7) is 11.8. The predicted octanol–water partition coefficient (Wildman–Crippen LogP) is 5.50. The van der Waals surface area contributed by atoms with E-state index in [1.165, 1.54) is 4.90 Å². The Labute approximate surface area is 224 Å². The van der Waals surface area contributed by atoms with E-state index in [-0.39, 0.29) is 23.5 Å². The lowest BCUT2D eigenvalue weighted by atomic mass is 9.86. The van der Waals surface area contributed by atoms with Crippen molar-refractivity contribution < 1.29 is 23.1 Å². The lowest BCUT2D eigenvalue weighted by Gasteiger charge is -2.41. The molecule has 0 radical (unpaired) electrons. The van der Waals surface area contributed by atoms with Crippen LogP contribution in [0.3, 0.4) is 0 Å². The minimum atomic E-state index is -3.51. The van der Waals surface area contributed by atoms with E-state index < -0.39 is 39.6 Å². The van der Waals surface area contributed by atoms with E-state index in [1.54, 1.807) is 20.8 Å². The second-order valence-corrected chi connectivity index (χ2v) is 14.9. The molecule has 36 heavy (non-hydrogen) atoms. The van der Waals surface area contributed by atoms with Gasteiger partial charge in [-0.1, -0.05) is 73.1 Å². The molecular formula is C28H38BrNO5S. The number of ether oxygens (including phenoxy) is 1. The summed E-state index contributed by atoms with van der Waals surface area (Å²) in [5.74, 6) is -0.966. The molecule has 198 valence electrons. The number of rotatable bonds is 5. The molecule has 1 amide bonds. The molecule has 2 aromatic rings. The van der Waals surface area contributed by atoms with Crippen molar-refractivity contribution in [2.24, 2.45) is 5.92 Å². The number of carbonyl (C=O) groups is 1. The molecule has 0 unspecified atom stereocenters. The molecule has 0 aromatic heterocycles. The summed E-state index contributed by atoms with van der Waals surface area (Å²) in [5.41, 5.74) is 2.04. The number of benzene rings is 2. The summed E-state index contributed by atoms with van der Waals surface area (Å²) in [7, 11) is -3.51. The van der Waals surface area contributed by atoms with Gasteiger partial charge in [0.15, 0.2) is 9.84 Å². The molecular weight excluding hydrogens is 542 g/mol. The smallest absolute Gasteiger partial charge is 0.410 e. The average molecular weight is 581 g/mol. The molecule has 2 aromatic carbocycles. The van der Waals surface area contributed by atoms with Gasteiger partial charge in [-0.05, 0) is 61.4 Å². The van der Waals surface area contributed by atoms with E-state index in [1.807, 2.05) is 48.5 Å². The summed E-state index contributed by atoms with van der Waals surface area (Å²) in [4.78, 5) is 14.8. The molecule has 1 heterocycles. The number of aliphatic hydroxyl groups is 1. The maximum absolute atomic E-state index is 13.4. The third-order valence-electron chi connectivity index (χ3n) is 6.36. The molecule has 6 nitrogen and oxygen atoms in total. The highest BCUT2D eigenvalue weighted by Gasteiger charge is 2.44. The van der Waals surface area contributed by atoms with Crippen molar-refractivity contribution in [1.29, 1.82) is 0 Å². The van der Waals surface area contributed by atoms with E-state index in [0.29, 0.717) is 6.42 Å². The molecule has 0 aliphatic carbocycles. The molecule has 8 heteroatoms. The van der Waals surface area contributed by atoms with Crippen LogP contribution in [0.4, 0.5) is 4.79 Å². The van der Waals surface area contributed by atoms with Crippen LogP contribution in [0.15, 0.2) is 53.0 Å². The van der Waals surface area contributed by atoms with Gasteiger partial charge in [-0.25, -0.2) is 13.2 Å². The van der Waals surface area contributed by atoms with Crippen LogP contribution >= 0.6 is 15.9 Å². The van der Waals surface area contributed by atoms with E-state index in [9.17, 15) is 18.3 Å². The number of nitrogens with zero attached hydrogens (tertiary/aromatic N) is 1. The largest absolute Gasteiger partial charge is 0.444 e. The van der Waals surface area contributed by atoms with Crippen molar-refractivity contribution in [2.45, 2.75) is 77.7 Å². The Morgan fingerprint density at radius 2 is 1.67 bits per heavy atom. The number of amides is 1. The molecule has 0 spiro atoms. The molecule has 1 aliphatic rings. The quantitative estimate of drug-likeness (QED) is 0.505. The van der Waals surface area contributed by atoms with Gasteiger partial charge in [0.25, 0.3) is 0 Å². The van der Waals surface area contributed by atoms with Gasteiger partial charge in [-0.15, -0.1) is 0 Å². The highest BCUT2D eigenvalue weighted by Crippen LogP contribution is 2.30. The number of halogens is 1. The fraction of sp³-hybridized carbons (Fsp3) is 0.536. The third kappa shape index (κ3) is 7.80. The van der Waals surface area contributed by atoms with Crippen LogP contribution in [0.25, 0.3) is 0 Å². The Bertz CT molecular complexity index is 1170. The lowest BCUT2D eigenvalue weighted by molar-refractivity contribution is -0.0172. The zero-order chi connectivity index (χ0) is 26.9. The van der Waals surface area contributed by atoms with Crippen LogP contribution in [-0.2, 0) is 33.0 Å². The second-order valence-electron chi connectivity index (χ2n) is 11.8. The number of sulfone groups is 1. The molecule has 0 saturated carbocycles. The van der Waals surface area contributed by atoms with Crippen LogP contribution in [0.2, 0.25) is 0 Å². The summed E-state index contributed by atoms with van der Waals surface area (Å²) >= 11 is 3.41. The summed E-state index contributed by atoms with van der Waals surface area (Å²) in [5, 5.41) is 11.4. The van der Waals surface area contributed by atoms with E-state index in [2.05, 4.69) is 36.7 Å². The normalized spacial score (nSPS) is 22.2. The maximum atomic E-state index is 13.4.